The van der Waals surface area contributed by atoms with Crippen LogP contribution in [0.15, 0.2) is 95.8 Å². The van der Waals surface area contributed by atoms with Gasteiger partial charge < -0.3 is 47.4 Å². The number of thioether (sulfide) groups is 4. The van der Waals surface area contributed by atoms with Gasteiger partial charge in [-0.05, 0) is 106 Å². The maximum atomic E-state index is 12.6. The number of benzene rings is 4. The maximum Gasteiger partial charge on any atom is 0.306 e. The van der Waals surface area contributed by atoms with E-state index in [1.165, 1.54) is 48.0 Å². The molecule has 11 nitrogen and oxygen atoms in total. The Hall–Kier alpha value is -3.07. The largest absolute Gasteiger partial charge is 0.491 e. The number of unbranched alkanes of at least 4 members (excludes halogenated alkanes) is 1. The van der Waals surface area contributed by atoms with Gasteiger partial charge in [0.15, 0.2) is 0 Å². The molecule has 4 aromatic carbocycles. The summed E-state index contributed by atoms with van der Waals surface area (Å²) in [5, 5.41) is 7.09. The van der Waals surface area contributed by atoms with Crippen LogP contribution >= 0.6 is 68.6 Å². The summed E-state index contributed by atoms with van der Waals surface area (Å²) in [5.41, 5.74) is 5.73. The molecule has 7 rings (SSSR count). The van der Waals surface area contributed by atoms with Crippen molar-refractivity contribution in [1.29, 1.82) is 0 Å². The van der Waals surface area contributed by atoms with E-state index in [1.807, 2.05) is 45.9 Å². The summed E-state index contributed by atoms with van der Waals surface area (Å²) in [6.45, 7) is 24.5. The minimum absolute atomic E-state index is 0.118. The number of para-hydroxylation sites is 1. The summed E-state index contributed by atoms with van der Waals surface area (Å²) < 4.78 is 63.0. The number of esters is 1. The van der Waals surface area contributed by atoms with Crippen LogP contribution in [0.1, 0.15) is 139 Å². The highest BCUT2D eigenvalue weighted by molar-refractivity contribution is 8.77. The minimum atomic E-state index is -0.118. The molecule has 0 N–H and O–H groups in total. The summed E-state index contributed by atoms with van der Waals surface area (Å²) in [6.07, 6.45) is 4.92. The molecule has 3 aliphatic heterocycles. The predicted molar refractivity (Wildman–Crippen MR) is 340 cm³/mol. The molecule has 438 valence electrons. The molecule has 1 saturated heterocycles. The van der Waals surface area contributed by atoms with E-state index >= 15 is 0 Å². The van der Waals surface area contributed by atoms with Gasteiger partial charge in [-0.3, -0.25) is 4.79 Å². The van der Waals surface area contributed by atoms with E-state index < -0.39 is 0 Å². The van der Waals surface area contributed by atoms with Crippen LogP contribution in [0, 0.1) is 0 Å². The molecule has 3 aliphatic rings. The average Bonchev–Trinajstić information content (AvgIpc) is 4.29. The number of carbonyl (C=O) groups excluding carboxylic acids is 1. The van der Waals surface area contributed by atoms with Gasteiger partial charge in [0, 0.05) is 38.0 Å². The number of hydrogen-bond acceptors (Lipinski definition) is 17. The third kappa shape index (κ3) is 20.9. The van der Waals surface area contributed by atoms with Crippen LogP contribution in [0.4, 0.5) is 0 Å². The smallest absolute Gasteiger partial charge is 0.306 e. The van der Waals surface area contributed by atoms with Crippen molar-refractivity contribution in [1.82, 2.24) is 0 Å². The molecule has 1 unspecified atom stereocenters. The molecule has 3 heterocycles. The van der Waals surface area contributed by atoms with Crippen LogP contribution < -0.4 is 18.9 Å². The summed E-state index contributed by atoms with van der Waals surface area (Å²) >= 11 is 7.06. The zero-order valence-electron chi connectivity index (χ0n) is 48.2. The zero-order chi connectivity index (χ0) is 56.5. The van der Waals surface area contributed by atoms with Crippen LogP contribution in [0.3, 0.4) is 0 Å². The molecule has 4 aromatic rings. The van der Waals surface area contributed by atoms with Crippen LogP contribution in [0.2, 0.25) is 0 Å². The van der Waals surface area contributed by atoms with Gasteiger partial charge in [-0.2, -0.15) is 0 Å². The van der Waals surface area contributed by atoms with Crippen LogP contribution in [-0.2, 0) is 39.8 Å². The Morgan fingerprint density at radius 2 is 0.963 bits per heavy atom. The predicted octanol–water partition coefficient (Wildman–Crippen LogP) is 16.9. The van der Waals surface area contributed by atoms with E-state index in [1.54, 1.807) is 47.0 Å². The molecule has 0 aliphatic carbocycles. The second kappa shape index (κ2) is 35.3. The standard InChI is InChI=1S/C63H84O11S6/c1-43(2)51-15-11-16-52(44(3)4)60(51)72-33-30-67-28-32-71-58-20-13-17-53-54(58)18-12-19-57(53)70-31-27-65-23-25-68-39-49-41-75-62(78-49)63-76-42-50(79-63)40-69-26-24-66-29-34-73-61-55(45(5)6)36-47(37-56(61)46(7)8)38-74-59(64)21-10-9-14-48-22-35-77-80-48/h11-13,15-20,36-37,41-46,48H,9-10,14,21-35,38-40H2,1-8H3/b63-62-. The van der Waals surface area contributed by atoms with E-state index in [0.717, 1.165) is 68.6 Å². The summed E-state index contributed by atoms with van der Waals surface area (Å²) in [7, 11) is 3.97. The Bertz CT molecular complexity index is 2590. The lowest BCUT2D eigenvalue weighted by Gasteiger charge is -2.22. The van der Waals surface area contributed by atoms with Crippen molar-refractivity contribution in [3.8, 4) is 23.0 Å². The van der Waals surface area contributed by atoms with Gasteiger partial charge in [0.1, 0.15) is 56.0 Å². The molecule has 17 heteroatoms. The number of fused-ring (bicyclic) bond motifs is 1. The fourth-order valence-electron chi connectivity index (χ4n) is 9.04. The van der Waals surface area contributed by atoms with Crippen molar-refractivity contribution >= 4 is 85.4 Å². The monoisotopic (exact) mass is 1210 g/mol. The number of rotatable bonds is 37. The summed E-state index contributed by atoms with van der Waals surface area (Å²) in [6, 6.07) is 22.7. The second-order valence-corrected chi connectivity index (χ2v) is 28.2. The van der Waals surface area contributed by atoms with E-state index in [0.29, 0.717) is 111 Å². The highest BCUT2D eigenvalue weighted by Crippen LogP contribution is 2.55. The summed E-state index contributed by atoms with van der Waals surface area (Å²) in [5.74, 6) is 5.89. The topological polar surface area (TPSA) is 109 Å². The van der Waals surface area contributed by atoms with Gasteiger partial charge in [0.05, 0.1) is 74.5 Å². The Morgan fingerprint density at radius 3 is 1.44 bits per heavy atom. The van der Waals surface area contributed by atoms with Crippen LogP contribution in [-0.4, -0.2) is 109 Å². The van der Waals surface area contributed by atoms with Gasteiger partial charge in [0.25, 0.3) is 0 Å². The van der Waals surface area contributed by atoms with Crippen LogP contribution in [0.25, 0.3) is 10.8 Å². The van der Waals surface area contributed by atoms with Crippen molar-refractivity contribution in [2.24, 2.45) is 0 Å². The average molecular weight is 1210 g/mol. The molecule has 0 aromatic heterocycles. The molecule has 0 spiro atoms. The third-order valence-electron chi connectivity index (χ3n) is 13.3. The first-order valence-corrected chi connectivity index (χ1v) is 34.2. The number of hydrogen-bond donors (Lipinski definition) is 0. The zero-order valence-corrected chi connectivity index (χ0v) is 53.1. The Morgan fingerprint density at radius 1 is 0.512 bits per heavy atom. The number of ether oxygens (including phenoxy) is 10. The first-order valence-electron chi connectivity index (χ1n) is 28.4. The minimum Gasteiger partial charge on any atom is -0.491 e. The van der Waals surface area contributed by atoms with Crippen molar-refractivity contribution in [3.05, 3.63) is 124 Å². The molecule has 80 heavy (non-hydrogen) atoms. The molecular weight excluding hydrogens is 1130 g/mol. The number of carbonyl (C=O) groups is 1. The van der Waals surface area contributed by atoms with Gasteiger partial charge >= 0.3 is 5.97 Å². The van der Waals surface area contributed by atoms with Crippen molar-refractivity contribution in [2.75, 3.05) is 98.2 Å². The molecule has 1 atom stereocenters. The Kier molecular flexibility index (Phi) is 28.4. The Labute approximate surface area is 502 Å². The van der Waals surface area contributed by atoms with E-state index in [-0.39, 0.29) is 24.4 Å². The molecule has 0 saturated carbocycles. The van der Waals surface area contributed by atoms with Gasteiger partial charge in [-0.1, -0.05) is 173 Å². The first-order chi connectivity index (χ1) is 38.9. The molecule has 0 radical (unpaired) electrons. The van der Waals surface area contributed by atoms with Gasteiger partial charge in [0.2, 0.25) is 0 Å². The van der Waals surface area contributed by atoms with Crippen LogP contribution in [0.5, 0.6) is 23.0 Å². The SMILES string of the molecule is CC(C)c1cc(COC(=O)CCCCC2CCSS2)cc(C(C)C)c1OCCOCCOCC1=CS/C(=C2\SC=C(COCCOCCOc3cccc4c(OCCOCCOc5c(C(C)C)cccc5C(C)C)cccc34)S2)S1. The highest BCUT2D eigenvalue weighted by Gasteiger charge is 2.23. The van der Waals surface area contributed by atoms with Gasteiger partial charge in [-0.15, -0.1) is 0 Å². The lowest BCUT2D eigenvalue weighted by atomic mass is 9.91. The normalized spacial score (nSPS) is 16.4. The molecule has 0 amide bonds. The fraction of sp³-hybridized carbons (Fsp3) is 0.540. The van der Waals surface area contributed by atoms with E-state index in [9.17, 15) is 4.79 Å². The molecular formula is C63H84O11S6. The highest BCUT2D eigenvalue weighted by atomic mass is 33.1. The first kappa shape index (κ1) is 64.5. The lowest BCUT2D eigenvalue weighted by Crippen LogP contribution is -2.14. The van der Waals surface area contributed by atoms with Crippen molar-refractivity contribution in [2.45, 2.75) is 123 Å². The van der Waals surface area contributed by atoms with E-state index in [2.05, 4.69) is 109 Å². The summed E-state index contributed by atoms with van der Waals surface area (Å²) in [4.78, 5) is 15.0. The quantitative estimate of drug-likeness (QED) is 0.0242. The fourth-order valence-corrected chi connectivity index (χ4v) is 16.9. The second-order valence-electron chi connectivity index (χ2n) is 20.8. The maximum absolute atomic E-state index is 12.6. The third-order valence-corrected chi connectivity index (χ3v) is 21.6. The van der Waals surface area contributed by atoms with Crippen molar-refractivity contribution in [3.63, 3.8) is 0 Å². The van der Waals surface area contributed by atoms with Crippen molar-refractivity contribution < 1.29 is 52.2 Å². The molecule has 1 fully saturated rings. The van der Waals surface area contributed by atoms with E-state index in [4.69, 9.17) is 47.4 Å². The lowest BCUT2D eigenvalue weighted by molar-refractivity contribution is -0.145. The molecule has 0 bridgehead atoms. The Balaban J connectivity index is 0.700. The van der Waals surface area contributed by atoms with Gasteiger partial charge in [-0.25, -0.2) is 0 Å².